The molecule has 0 aliphatic rings. The summed E-state index contributed by atoms with van der Waals surface area (Å²) in [5.41, 5.74) is 14.2. The van der Waals surface area contributed by atoms with Gasteiger partial charge in [-0.25, -0.2) is 14.6 Å². The number of ether oxygens (including phenoxy) is 2. The van der Waals surface area contributed by atoms with Crippen LogP contribution in [0.1, 0.15) is 17.2 Å². The van der Waals surface area contributed by atoms with E-state index in [-0.39, 0.29) is 29.5 Å². The topological polar surface area (TPSA) is 208 Å². The zero-order valence-electron chi connectivity index (χ0n) is 24.6. The smallest absolute Gasteiger partial charge is 0.429 e. The SMILES string of the molecule is COc1cccc(-c2ccc([C@@H](Oc3cc(-c4ccc(C[C@H](N)C(=O)O)cc4)nc(N)n3)C(F)(F)F)cc2)c1.O=C(O)C=CC(=O)O. The number of carbonyl (C=O) groups is 3. The third-order valence-electron chi connectivity index (χ3n) is 6.26. The Morgan fingerprint density at radius 3 is 1.98 bits per heavy atom. The van der Waals surface area contributed by atoms with Crippen molar-refractivity contribution in [1.29, 1.82) is 0 Å². The molecule has 4 aromatic rings. The second kappa shape index (κ2) is 15.9. The number of benzene rings is 3. The second-order valence-electron chi connectivity index (χ2n) is 9.70. The van der Waals surface area contributed by atoms with Gasteiger partial charge < -0.3 is 36.3 Å². The lowest BCUT2D eigenvalue weighted by atomic mass is 10.0. The molecule has 15 heteroatoms. The molecule has 0 bridgehead atoms. The molecule has 0 spiro atoms. The number of carboxylic acid groups (broad SMARTS) is 3. The van der Waals surface area contributed by atoms with Crippen LogP contribution in [0, 0.1) is 0 Å². The number of hydrogen-bond donors (Lipinski definition) is 5. The molecule has 1 aromatic heterocycles. The maximum absolute atomic E-state index is 14.1. The molecule has 0 saturated heterocycles. The highest BCUT2D eigenvalue weighted by Crippen LogP contribution is 2.38. The van der Waals surface area contributed by atoms with E-state index in [9.17, 15) is 27.6 Å². The molecule has 1 heterocycles. The Labute approximate surface area is 265 Å². The number of hydrogen-bond acceptors (Lipinski definition) is 9. The highest BCUT2D eigenvalue weighted by molar-refractivity contribution is 5.89. The Kier molecular flexibility index (Phi) is 12.0. The Bertz CT molecular complexity index is 1710. The molecule has 0 amide bonds. The summed E-state index contributed by atoms with van der Waals surface area (Å²) in [5.74, 6) is -3.63. The molecular weight excluding hydrogens is 625 g/mol. The molecule has 0 fully saturated rings. The van der Waals surface area contributed by atoms with Gasteiger partial charge in [0.1, 0.15) is 11.8 Å². The van der Waals surface area contributed by atoms with E-state index in [0.717, 1.165) is 5.56 Å². The summed E-state index contributed by atoms with van der Waals surface area (Å²) >= 11 is 0. The van der Waals surface area contributed by atoms with E-state index in [4.69, 9.17) is 36.3 Å². The van der Waals surface area contributed by atoms with Gasteiger partial charge in [-0.05, 0) is 35.2 Å². The van der Waals surface area contributed by atoms with Crippen LogP contribution in [0.4, 0.5) is 19.1 Å². The predicted octanol–water partition coefficient (Wildman–Crippen LogP) is 4.75. The predicted molar refractivity (Wildman–Crippen MR) is 163 cm³/mol. The van der Waals surface area contributed by atoms with Crippen molar-refractivity contribution in [2.75, 3.05) is 12.8 Å². The van der Waals surface area contributed by atoms with Gasteiger partial charge in [0.15, 0.2) is 0 Å². The monoisotopic (exact) mass is 654 g/mol. The summed E-state index contributed by atoms with van der Waals surface area (Å²) in [6, 6.07) is 19.8. The van der Waals surface area contributed by atoms with Gasteiger partial charge in [-0.3, -0.25) is 4.79 Å². The summed E-state index contributed by atoms with van der Waals surface area (Å²) < 4.78 is 52.8. The number of nitrogens with two attached hydrogens (primary N) is 2. The lowest BCUT2D eigenvalue weighted by molar-refractivity contribution is -0.198. The van der Waals surface area contributed by atoms with Crippen LogP contribution in [0.3, 0.4) is 0 Å². The van der Waals surface area contributed by atoms with Crippen LogP contribution in [-0.4, -0.2) is 62.5 Å². The van der Waals surface area contributed by atoms with Gasteiger partial charge in [0.25, 0.3) is 0 Å². The molecule has 7 N–H and O–H groups in total. The van der Waals surface area contributed by atoms with Gasteiger partial charge in [0.05, 0.1) is 12.8 Å². The first-order valence-corrected chi connectivity index (χ1v) is 13.5. The van der Waals surface area contributed by atoms with E-state index >= 15 is 0 Å². The number of halogens is 3. The van der Waals surface area contributed by atoms with Gasteiger partial charge in [-0.1, -0.05) is 60.7 Å². The number of carboxylic acids is 3. The third kappa shape index (κ3) is 10.9. The lowest BCUT2D eigenvalue weighted by Crippen LogP contribution is -2.32. The summed E-state index contributed by atoms with van der Waals surface area (Å²) in [6.07, 6.45) is -5.83. The molecule has 246 valence electrons. The van der Waals surface area contributed by atoms with Crippen molar-refractivity contribution >= 4 is 23.9 Å². The first-order valence-electron chi connectivity index (χ1n) is 13.5. The number of methoxy groups -OCH3 is 1. The number of rotatable bonds is 11. The number of aliphatic carboxylic acids is 3. The van der Waals surface area contributed by atoms with E-state index in [2.05, 4.69) is 9.97 Å². The minimum atomic E-state index is -4.75. The van der Waals surface area contributed by atoms with Crippen LogP contribution in [0.15, 0.2) is 91.0 Å². The van der Waals surface area contributed by atoms with Crippen molar-refractivity contribution in [1.82, 2.24) is 9.97 Å². The number of nitrogen functional groups attached to an aromatic ring is 1. The third-order valence-corrected chi connectivity index (χ3v) is 6.26. The first kappa shape index (κ1) is 35.5. The van der Waals surface area contributed by atoms with Crippen molar-refractivity contribution in [2.24, 2.45) is 5.73 Å². The Hall–Kier alpha value is -5.96. The van der Waals surface area contributed by atoms with E-state index < -0.39 is 36.2 Å². The summed E-state index contributed by atoms with van der Waals surface area (Å²) in [4.78, 5) is 38.0. The number of alkyl halides is 3. The van der Waals surface area contributed by atoms with Crippen LogP contribution in [0.2, 0.25) is 0 Å². The van der Waals surface area contributed by atoms with Gasteiger partial charge >= 0.3 is 24.1 Å². The molecule has 4 rings (SSSR count). The fourth-order valence-electron chi connectivity index (χ4n) is 4.04. The average molecular weight is 655 g/mol. The van der Waals surface area contributed by atoms with Crippen molar-refractivity contribution < 1.29 is 52.3 Å². The number of nitrogens with zero attached hydrogens (tertiary/aromatic N) is 2. The maximum Gasteiger partial charge on any atom is 0.429 e. The molecule has 0 radical (unpaired) electrons. The highest BCUT2D eigenvalue weighted by Gasteiger charge is 2.43. The van der Waals surface area contributed by atoms with Gasteiger partial charge in [0.2, 0.25) is 17.9 Å². The molecule has 0 saturated carbocycles. The number of aromatic nitrogens is 2. The zero-order valence-corrected chi connectivity index (χ0v) is 24.6. The molecule has 47 heavy (non-hydrogen) atoms. The normalized spacial score (nSPS) is 12.4. The van der Waals surface area contributed by atoms with Crippen LogP contribution < -0.4 is 20.9 Å². The summed E-state index contributed by atoms with van der Waals surface area (Å²) in [6.45, 7) is 0. The summed E-state index contributed by atoms with van der Waals surface area (Å²) in [5, 5.41) is 24.6. The molecule has 3 aromatic carbocycles. The Morgan fingerprint density at radius 2 is 1.45 bits per heavy atom. The maximum atomic E-state index is 14.1. The van der Waals surface area contributed by atoms with Crippen molar-refractivity contribution in [3.05, 3.63) is 102 Å². The minimum absolute atomic E-state index is 0.111. The molecule has 2 atom stereocenters. The van der Waals surface area contributed by atoms with Crippen LogP contribution in [0.5, 0.6) is 11.6 Å². The quantitative estimate of drug-likeness (QED) is 0.139. The van der Waals surface area contributed by atoms with Crippen LogP contribution in [0.25, 0.3) is 22.4 Å². The Balaban J connectivity index is 0.000000665. The number of anilines is 1. The summed E-state index contributed by atoms with van der Waals surface area (Å²) in [7, 11) is 1.53. The van der Waals surface area contributed by atoms with Crippen LogP contribution >= 0.6 is 0 Å². The molecule has 0 aliphatic heterocycles. The fraction of sp³-hybridized carbons (Fsp3) is 0.156. The van der Waals surface area contributed by atoms with E-state index in [0.29, 0.717) is 34.6 Å². The van der Waals surface area contributed by atoms with E-state index in [1.165, 1.54) is 25.3 Å². The standard InChI is InChI=1S/C28H25F3N4O4.C4H4O4/c1-38-21-4-2-3-20(14-21)17-9-11-19(12-10-17)25(28(29,30)31)39-24-15-23(34-27(33)35-24)18-7-5-16(6-8-18)13-22(32)26(36)37;5-3(6)1-2-4(7)8/h2-12,14-15,22,25H,13,32H2,1H3,(H,36,37)(H2,33,34,35);1-2H,(H,5,6)(H,7,8)/t22-,25+;/m0./s1. The minimum Gasteiger partial charge on any atom is -0.497 e. The van der Waals surface area contributed by atoms with Gasteiger partial charge in [0, 0.05) is 29.3 Å². The van der Waals surface area contributed by atoms with Crippen molar-refractivity contribution in [3.8, 4) is 34.0 Å². The second-order valence-corrected chi connectivity index (χ2v) is 9.70. The molecule has 0 unspecified atom stereocenters. The van der Waals surface area contributed by atoms with Gasteiger partial charge in [-0.2, -0.15) is 18.2 Å². The van der Waals surface area contributed by atoms with E-state index in [1.807, 2.05) is 6.07 Å². The molecule has 0 aliphatic carbocycles. The Morgan fingerprint density at radius 1 is 0.851 bits per heavy atom. The highest BCUT2D eigenvalue weighted by atomic mass is 19.4. The fourth-order valence-corrected chi connectivity index (χ4v) is 4.04. The molecule has 12 nitrogen and oxygen atoms in total. The first-order chi connectivity index (χ1) is 22.2. The van der Waals surface area contributed by atoms with Crippen molar-refractivity contribution in [2.45, 2.75) is 24.7 Å². The largest absolute Gasteiger partial charge is 0.497 e. The molecular formula is C32H29F3N4O8. The average Bonchev–Trinajstić information content (AvgIpc) is 3.02. The lowest BCUT2D eigenvalue weighted by Gasteiger charge is -2.22. The van der Waals surface area contributed by atoms with Crippen LogP contribution in [-0.2, 0) is 20.8 Å². The zero-order chi connectivity index (χ0) is 34.7. The van der Waals surface area contributed by atoms with E-state index in [1.54, 1.807) is 54.6 Å². The van der Waals surface area contributed by atoms with Crippen molar-refractivity contribution in [3.63, 3.8) is 0 Å². The van der Waals surface area contributed by atoms with Gasteiger partial charge in [-0.15, -0.1) is 0 Å².